The zero-order chi connectivity index (χ0) is 30.6. The molecule has 1 aromatic heterocycles. The summed E-state index contributed by atoms with van der Waals surface area (Å²) in [5, 5.41) is 28.1. The van der Waals surface area contributed by atoms with E-state index in [0.29, 0.717) is 16.2 Å². The molecule has 4 aromatic rings. The first-order valence-electron chi connectivity index (χ1n) is 13.6. The monoisotopic (exact) mass is 611 g/mol. The molecule has 0 aliphatic rings. The maximum Gasteiger partial charge on any atom is 0.251 e. The van der Waals surface area contributed by atoms with E-state index in [1.54, 1.807) is 26.1 Å². The van der Waals surface area contributed by atoms with Gasteiger partial charge in [0.1, 0.15) is 5.75 Å². The Morgan fingerprint density at radius 2 is 1.83 bits per heavy atom. The number of carbonyl (C=O) groups is 1. The van der Waals surface area contributed by atoms with Gasteiger partial charge in [-0.1, -0.05) is 55.5 Å². The highest BCUT2D eigenvalue weighted by Gasteiger charge is 2.37. The Hall–Kier alpha value is -3.71. The number of hydrogen-bond donors (Lipinski definition) is 5. The zero-order valence-electron chi connectivity index (χ0n) is 24.0. The highest BCUT2D eigenvalue weighted by molar-refractivity contribution is 7.89. The highest BCUT2D eigenvalue weighted by Crippen LogP contribution is 2.31. The van der Waals surface area contributed by atoms with Crippen molar-refractivity contribution >= 4 is 48.3 Å². The van der Waals surface area contributed by atoms with Crippen LogP contribution in [0, 0.1) is 12.8 Å². The van der Waals surface area contributed by atoms with Crippen molar-refractivity contribution in [3.05, 3.63) is 77.4 Å². The molecular weight excluding hydrogens is 574 g/mol. The number of phenolic OH excluding ortho intramolecular Hbond substituents is 1. The molecule has 0 radical (unpaired) electrons. The number of thiazole rings is 1. The zero-order valence-corrected chi connectivity index (χ0v) is 25.7. The molecule has 0 aliphatic heterocycles. The predicted molar refractivity (Wildman–Crippen MR) is 167 cm³/mol. The van der Waals surface area contributed by atoms with Gasteiger partial charge in [-0.25, -0.2) is 13.4 Å². The van der Waals surface area contributed by atoms with E-state index in [1.165, 1.54) is 33.8 Å². The molecule has 1 heterocycles. The van der Waals surface area contributed by atoms with Gasteiger partial charge in [0.15, 0.2) is 5.13 Å². The largest absolute Gasteiger partial charge is 0.505 e. The van der Waals surface area contributed by atoms with Crippen LogP contribution in [0.15, 0.2) is 65.6 Å². The van der Waals surface area contributed by atoms with E-state index >= 15 is 0 Å². The van der Waals surface area contributed by atoms with Crippen LogP contribution >= 0.6 is 11.3 Å². The third kappa shape index (κ3) is 6.84. The second-order valence-electron chi connectivity index (χ2n) is 10.6. The standard InChI is InChI=1S/C30H37N5O5S2/c1-18(2)17-35(42(39,40)21-10-13-24-27(15-21)41-30(32-4)34-24)25(14-20-8-6-5-7-9-20)26(36)16-33-29(38)22-11-12-23(31)28(37)19(22)3/h5-13,15,18,25-26,36-37H,14,16-17,31H2,1-4H3,(H,32,34)(H,33,38). The molecule has 1 amide bonds. The summed E-state index contributed by atoms with van der Waals surface area (Å²) in [6.45, 7) is 5.34. The van der Waals surface area contributed by atoms with E-state index in [1.807, 2.05) is 44.2 Å². The first kappa shape index (κ1) is 31.2. The van der Waals surface area contributed by atoms with E-state index < -0.39 is 28.1 Å². The third-order valence-electron chi connectivity index (χ3n) is 7.01. The number of fused-ring (bicyclic) bond motifs is 1. The second kappa shape index (κ2) is 13.1. The molecule has 4 rings (SSSR count). The van der Waals surface area contributed by atoms with Crippen LogP contribution in [0.3, 0.4) is 0 Å². The van der Waals surface area contributed by atoms with Crippen molar-refractivity contribution in [2.75, 3.05) is 31.2 Å². The lowest BCUT2D eigenvalue weighted by atomic mass is 10.00. The number of benzene rings is 3. The van der Waals surface area contributed by atoms with Crippen molar-refractivity contribution in [2.45, 2.75) is 44.2 Å². The van der Waals surface area contributed by atoms with Gasteiger partial charge in [0.05, 0.1) is 32.9 Å². The Labute approximate surface area is 250 Å². The first-order chi connectivity index (χ1) is 19.9. The molecule has 0 saturated heterocycles. The van der Waals surface area contributed by atoms with Crippen LogP contribution < -0.4 is 16.4 Å². The third-order valence-corrected chi connectivity index (χ3v) is 9.93. The van der Waals surface area contributed by atoms with Gasteiger partial charge in [-0.05, 0) is 55.2 Å². The molecule has 3 aromatic carbocycles. The van der Waals surface area contributed by atoms with Crippen LogP contribution in [0.2, 0.25) is 0 Å². The van der Waals surface area contributed by atoms with Crippen LogP contribution in [0.25, 0.3) is 10.2 Å². The minimum absolute atomic E-state index is 0.0525. The van der Waals surface area contributed by atoms with Crippen LogP contribution in [0.5, 0.6) is 5.75 Å². The fourth-order valence-corrected chi connectivity index (χ4v) is 7.54. The summed E-state index contributed by atoms with van der Waals surface area (Å²) < 4.78 is 30.6. The molecule has 0 bridgehead atoms. The number of nitrogens with one attached hydrogen (secondary N) is 2. The van der Waals surface area contributed by atoms with Crippen LogP contribution in [0.1, 0.15) is 35.3 Å². The lowest BCUT2D eigenvalue weighted by Crippen LogP contribution is -2.52. The number of hydrogen-bond acceptors (Lipinski definition) is 9. The molecule has 2 unspecified atom stereocenters. The topological polar surface area (TPSA) is 158 Å². The van der Waals surface area contributed by atoms with Crippen LogP contribution in [-0.4, -0.2) is 66.1 Å². The molecule has 2 atom stereocenters. The fourth-order valence-electron chi connectivity index (χ4n) is 4.76. The molecule has 0 fully saturated rings. The second-order valence-corrected chi connectivity index (χ2v) is 13.5. The van der Waals surface area contributed by atoms with Gasteiger partial charge >= 0.3 is 0 Å². The number of aliphatic hydroxyl groups excluding tert-OH is 1. The van der Waals surface area contributed by atoms with Crippen LogP contribution in [-0.2, 0) is 16.4 Å². The molecule has 0 aliphatic carbocycles. The Balaban J connectivity index is 1.69. The van der Waals surface area contributed by atoms with Gasteiger partial charge in [-0.3, -0.25) is 4.79 Å². The molecule has 0 saturated carbocycles. The van der Waals surface area contributed by atoms with E-state index in [9.17, 15) is 23.4 Å². The quantitative estimate of drug-likeness (QED) is 0.119. The van der Waals surface area contributed by atoms with Gasteiger partial charge in [-0.15, -0.1) is 0 Å². The molecule has 224 valence electrons. The van der Waals surface area contributed by atoms with Gasteiger partial charge in [0.25, 0.3) is 5.91 Å². The lowest BCUT2D eigenvalue weighted by Gasteiger charge is -2.35. The van der Waals surface area contributed by atoms with Gasteiger partial charge < -0.3 is 26.6 Å². The number of sulfonamides is 1. The van der Waals surface area contributed by atoms with Crippen molar-refractivity contribution < 1.29 is 23.4 Å². The Kier molecular flexibility index (Phi) is 9.72. The number of nitrogens with zero attached hydrogens (tertiary/aromatic N) is 2. The normalized spacial score (nSPS) is 13.4. The van der Waals surface area contributed by atoms with E-state index in [0.717, 1.165) is 10.3 Å². The summed E-state index contributed by atoms with van der Waals surface area (Å²) in [4.78, 5) is 17.6. The Morgan fingerprint density at radius 3 is 2.50 bits per heavy atom. The number of aromatic hydroxyl groups is 1. The summed E-state index contributed by atoms with van der Waals surface area (Å²) in [6.07, 6.45) is -1.04. The fraction of sp³-hybridized carbons (Fsp3) is 0.333. The van der Waals surface area contributed by atoms with Gasteiger partial charge in [-0.2, -0.15) is 4.31 Å². The smallest absolute Gasteiger partial charge is 0.251 e. The number of phenols is 1. The number of anilines is 2. The number of aliphatic hydroxyl groups is 1. The summed E-state index contributed by atoms with van der Waals surface area (Å²) in [6, 6.07) is 16.2. The van der Waals surface area contributed by atoms with Gasteiger partial charge in [0, 0.05) is 31.3 Å². The maximum absolute atomic E-state index is 14.3. The van der Waals surface area contributed by atoms with Crippen molar-refractivity contribution in [1.29, 1.82) is 0 Å². The van der Waals surface area contributed by atoms with Crippen molar-refractivity contribution in [2.24, 2.45) is 5.92 Å². The molecule has 0 spiro atoms. The van der Waals surface area contributed by atoms with E-state index in [2.05, 4.69) is 15.6 Å². The molecule has 42 heavy (non-hydrogen) atoms. The molecule has 6 N–H and O–H groups in total. The predicted octanol–water partition coefficient (Wildman–Crippen LogP) is 3.98. The molecule has 10 nitrogen and oxygen atoms in total. The summed E-state index contributed by atoms with van der Waals surface area (Å²) in [7, 11) is -2.33. The summed E-state index contributed by atoms with van der Waals surface area (Å²) in [5.74, 6) is -0.753. The first-order valence-corrected chi connectivity index (χ1v) is 15.9. The Morgan fingerprint density at radius 1 is 1.12 bits per heavy atom. The molecular formula is C30H37N5O5S2. The summed E-state index contributed by atoms with van der Waals surface area (Å²) >= 11 is 1.35. The van der Waals surface area contributed by atoms with Crippen molar-refractivity contribution in [3.63, 3.8) is 0 Å². The number of nitrogens with two attached hydrogens (primary N) is 1. The minimum atomic E-state index is -4.09. The average molecular weight is 612 g/mol. The number of aromatic nitrogens is 1. The highest BCUT2D eigenvalue weighted by atomic mass is 32.2. The number of carbonyl (C=O) groups excluding carboxylic acids is 1. The van der Waals surface area contributed by atoms with Crippen molar-refractivity contribution in [1.82, 2.24) is 14.6 Å². The number of amides is 1. The summed E-state index contributed by atoms with van der Waals surface area (Å²) in [5.41, 5.74) is 7.93. The van der Waals surface area contributed by atoms with Gasteiger partial charge in [0.2, 0.25) is 10.0 Å². The Bertz CT molecular complexity index is 1660. The lowest BCUT2D eigenvalue weighted by molar-refractivity contribution is 0.0743. The number of rotatable bonds is 12. The minimum Gasteiger partial charge on any atom is -0.505 e. The van der Waals surface area contributed by atoms with Crippen molar-refractivity contribution in [3.8, 4) is 5.75 Å². The van der Waals surface area contributed by atoms with E-state index in [-0.39, 0.29) is 47.3 Å². The maximum atomic E-state index is 14.3. The molecule has 12 heteroatoms. The van der Waals surface area contributed by atoms with Crippen LogP contribution in [0.4, 0.5) is 10.8 Å². The van der Waals surface area contributed by atoms with E-state index in [4.69, 9.17) is 5.73 Å². The number of nitrogen functional groups attached to an aromatic ring is 1. The average Bonchev–Trinajstić information content (AvgIpc) is 3.39. The SMILES string of the molecule is CNc1nc2ccc(S(=O)(=O)N(CC(C)C)C(Cc3ccccc3)C(O)CNC(=O)c3ccc(N)c(O)c3C)cc2s1.